The smallest absolute Gasteiger partial charge is 0.328 e. The number of carbonyl (C=O) groups is 1. The minimum absolute atomic E-state index is 0.606. The van der Waals surface area contributed by atoms with Crippen molar-refractivity contribution in [2.24, 2.45) is 0 Å². The maximum Gasteiger partial charge on any atom is 0.328 e. The lowest BCUT2D eigenvalue weighted by Gasteiger charge is -2.09. The summed E-state index contributed by atoms with van der Waals surface area (Å²) in [6.45, 7) is 3.11. The second-order valence-electron chi connectivity index (χ2n) is 1.86. The normalized spacial score (nSPS) is 16.6. The maximum absolute atomic E-state index is 9.61. The molecule has 1 N–H and O–H groups in total. The molecule has 0 aromatic carbocycles. The van der Waals surface area contributed by atoms with E-state index in [1.165, 1.54) is 0 Å². The van der Waals surface area contributed by atoms with E-state index in [0.29, 0.717) is 0 Å². The fourth-order valence-corrected chi connectivity index (χ4v) is 0.440. The van der Waals surface area contributed by atoms with Crippen LogP contribution in [-0.2, 0) is 14.3 Å². The molecular weight excluding hydrogens is 296 g/mol. The van der Waals surface area contributed by atoms with Gasteiger partial charge in [-0.2, -0.15) is 0 Å². The van der Waals surface area contributed by atoms with Gasteiger partial charge in [0.1, 0.15) is 0 Å². The van der Waals surface area contributed by atoms with Crippen molar-refractivity contribution in [2.45, 2.75) is 3.74 Å². The highest BCUT2D eigenvalue weighted by molar-refractivity contribution is 9.25. The van der Waals surface area contributed by atoms with Gasteiger partial charge in [-0.25, -0.2) is 0 Å². The SMILES string of the molecule is C1COCCO1.O=C(O)C(Br)Br. The molecular formula is C6H10Br2O4. The largest absolute Gasteiger partial charge is 0.480 e. The van der Waals surface area contributed by atoms with E-state index in [-0.39, 0.29) is 0 Å². The van der Waals surface area contributed by atoms with E-state index in [1.807, 2.05) is 0 Å². The Morgan fingerprint density at radius 2 is 1.42 bits per heavy atom. The number of halogens is 2. The molecule has 0 saturated carbocycles. The van der Waals surface area contributed by atoms with E-state index < -0.39 is 9.71 Å². The molecule has 0 aliphatic carbocycles. The molecule has 1 aliphatic rings. The average Bonchev–Trinajstić information content (AvgIpc) is 2.08. The Balaban J connectivity index is 0.000000202. The van der Waals surface area contributed by atoms with E-state index in [0.717, 1.165) is 26.4 Å². The lowest BCUT2D eigenvalue weighted by atomic mass is 10.6. The molecule has 1 fully saturated rings. The molecule has 12 heavy (non-hydrogen) atoms. The van der Waals surface area contributed by atoms with Crippen molar-refractivity contribution in [3.05, 3.63) is 0 Å². The minimum atomic E-state index is -0.907. The van der Waals surface area contributed by atoms with E-state index >= 15 is 0 Å². The summed E-state index contributed by atoms with van der Waals surface area (Å²) >= 11 is 5.51. The summed E-state index contributed by atoms with van der Waals surface area (Å²) in [7, 11) is 0. The zero-order valence-corrected chi connectivity index (χ0v) is 9.51. The quantitative estimate of drug-likeness (QED) is 0.740. The Labute approximate surface area is 87.5 Å². The van der Waals surface area contributed by atoms with Gasteiger partial charge in [0, 0.05) is 0 Å². The number of hydrogen-bond donors (Lipinski definition) is 1. The van der Waals surface area contributed by atoms with Gasteiger partial charge in [-0.15, -0.1) is 0 Å². The molecule has 72 valence electrons. The van der Waals surface area contributed by atoms with Gasteiger partial charge < -0.3 is 14.6 Å². The number of ether oxygens (including phenoxy) is 2. The fraction of sp³-hybridized carbons (Fsp3) is 0.833. The Morgan fingerprint density at radius 3 is 1.50 bits per heavy atom. The van der Waals surface area contributed by atoms with Crippen molar-refractivity contribution in [1.29, 1.82) is 0 Å². The summed E-state index contributed by atoms with van der Waals surface area (Å²) in [6.07, 6.45) is 0. The average molecular weight is 306 g/mol. The molecule has 0 spiro atoms. The van der Waals surface area contributed by atoms with Gasteiger partial charge in [-0.3, -0.25) is 4.79 Å². The Kier molecular flexibility index (Phi) is 8.20. The van der Waals surface area contributed by atoms with Crippen LogP contribution in [0, 0.1) is 0 Å². The Morgan fingerprint density at radius 1 is 1.17 bits per heavy atom. The van der Waals surface area contributed by atoms with Gasteiger partial charge in [0.2, 0.25) is 0 Å². The maximum atomic E-state index is 9.61. The highest BCUT2D eigenvalue weighted by Crippen LogP contribution is 2.05. The van der Waals surface area contributed by atoms with Gasteiger partial charge in [0.25, 0.3) is 0 Å². The highest BCUT2D eigenvalue weighted by Gasteiger charge is 2.04. The summed E-state index contributed by atoms with van der Waals surface area (Å²) < 4.78 is 9.28. The van der Waals surface area contributed by atoms with Crippen LogP contribution in [0.1, 0.15) is 0 Å². The zero-order chi connectivity index (χ0) is 9.40. The Bertz CT molecular complexity index is 113. The summed E-state index contributed by atoms with van der Waals surface area (Å²) in [4.78, 5) is 9.61. The van der Waals surface area contributed by atoms with Gasteiger partial charge in [0.15, 0.2) is 3.74 Å². The van der Waals surface area contributed by atoms with Crippen LogP contribution in [0.5, 0.6) is 0 Å². The number of hydrogen-bond acceptors (Lipinski definition) is 3. The lowest BCUT2D eigenvalue weighted by Crippen LogP contribution is -2.16. The van der Waals surface area contributed by atoms with E-state index in [9.17, 15) is 4.79 Å². The monoisotopic (exact) mass is 304 g/mol. The summed E-state index contributed by atoms with van der Waals surface area (Å²) in [5.74, 6) is -0.907. The first-order valence-electron chi connectivity index (χ1n) is 3.31. The predicted octanol–water partition coefficient (Wildman–Crippen LogP) is 1.22. The van der Waals surface area contributed by atoms with Crippen molar-refractivity contribution in [1.82, 2.24) is 0 Å². The molecule has 0 aromatic heterocycles. The van der Waals surface area contributed by atoms with Crippen molar-refractivity contribution < 1.29 is 19.4 Å². The first kappa shape index (κ1) is 12.3. The Hall–Kier alpha value is 0.350. The number of alkyl halides is 2. The minimum Gasteiger partial charge on any atom is -0.480 e. The van der Waals surface area contributed by atoms with Gasteiger partial charge in [0.05, 0.1) is 26.4 Å². The van der Waals surface area contributed by atoms with Gasteiger partial charge >= 0.3 is 5.97 Å². The van der Waals surface area contributed by atoms with Gasteiger partial charge in [-0.05, 0) is 0 Å². The molecule has 1 aliphatic heterocycles. The van der Waals surface area contributed by atoms with Crippen LogP contribution in [0.2, 0.25) is 0 Å². The third kappa shape index (κ3) is 8.45. The van der Waals surface area contributed by atoms with Crippen LogP contribution in [0.4, 0.5) is 0 Å². The lowest BCUT2D eigenvalue weighted by molar-refractivity contribution is -0.134. The molecule has 0 atom stereocenters. The summed E-state index contributed by atoms with van der Waals surface area (Å²) in [5, 5.41) is 7.90. The van der Waals surface area contributed by atoms with E-state index in [1.54, 1.807) is 0 Å². The molecule has 1 rings (SSSR count). The zero-order valence-electron chi connectivity index (χ0n) is 6.33. The van der Waals surface area contributed by atoms with Crippen LogP contribution >= 0.6 is 31.9 Å². The second kappa shape index (κ2) is 7.97. The first-order valence-corrected chi connectivity index (χ1v) is 5.14. The number of aliphatic carboxylic acids is 1. The van der Waals surface area contributed by atoms with Gasteiger partial charge in [-0.1, -0.05) is 31.9 Å². The van der Waals surface area contributed by atoms with Crippen LogP contribution in [-0.4, -0.2) is 41.2 Å². The molecule has 0 unspecified atom stereocenters. The van der Waals surface area contributed by atoms with Crippen molar-refractivity contribution in [2.75, 3.05) is 26.4 Å². The molecule has 1 heterocycles. The van der Waals surface area contributed by atoms with Crippen LogP contribution < -0.4 is 0 Å². The molecule has 6 heteroatoms. The second-order valence-corrected chi connectivity index (χ2v) is 4.92. The number of carboxylic acid groups (broad SMARTS) is 1. The van der Waals surface area contributed by atoms with E-state index in [2.05, 4.69) is 31.9 Å². The first-order chi connectivity index (χ1) is 5.64. The number of rotatable bonds is 1. The fourth-order valence-electron chi connectivity index (χ4n) is 0.440. The predicted molar refractivity (Wildman–Crippen MR) is 50.9 cm³/mol. The van der Waals surface area contributed by atoms with Crippen LogP contribution in [0.25, 0.3) is 0 Å². The summed E-state index contributed by atoms with van der Waals surface area (Å²) in [5.41, 5.74) is 0. The van der Waals surface area contributed by atoms with Crippen LogP contribution in [0.3, 0.4) is 0 Å². The molecule has 0 radical (unpaired) electrons. The molecule has 0 bridgehead atoms. The molecule has 0 aromatic rings. The third-order valence-electron chi connectivity index (χ3n) is 0.931. The number of carboxylic acids is 1. The third-order valence-corrected chi connectivity index (χ3v) is 1.71. The molecule has 4 nitrogen and oxygen atoms in total. The summed E-state index contributed by atoms with van der Waals surface area (Å²) in [6, 6.07) is 0. The standard InChI is InChI=1S/C4H8O2.C2H2Br2O2/c1-2-6-4-3-5-1;3-1(4)2(5)6/h1-4H2;1H,(H,5,6). The van der Waals surface area contributed by atoms with E-state index in [4.69, 9.17) is 14.6 Å². The molecule has 1 saturated heterocycles. The van der Waals surface area contributed by atoms with Crippen LogP contribution in [0.15, 0.2) is 0 Å². The highest BCUT2D eigenvalue weighted by atomic mass is 79.9. The topological polar surface area (TPSA) is 55.8 Å². The van der Waals surface area contributed by atoms with Crippen molar-refractivity contribution in [3.8, 4) is 0 Å². The molecule has 0 amide bonds. The van der Waals surface area contributed by atoms with Crippen molar-refractivity contribution >= 4 is 37.8 Å². The van der Waals surface area contributed by atoms with Crippen molar-refractivity contribution in [3.63, 3.8) is 0 Å².